The molecule has 118 valence electrons. The van der Waals surface area contributed by atoms with Crippen molar-refractivity contribution in [2.75, 3.05) is 19.6 Å². The Morgan fingerprint density at radius 1 is 1.29 bits per heavy atom. The molecule has 0 atom stereocenters. The molecule has 1 fully saturated rings. The molecule has 2 rings (SSSR count). The zero-order chi connectivity index (χ0) is 15.5. The third kappa shape index (κ3) is 4.19. The summed E-state index contributed by atoms with van der Waals surface area (Å²) in [5.74, 6) is -1.10. The highest BCUT2D eigenvalue weighted by atomic mass is 32.2. The van der Waals surface area contributed by atoms with Crippen molar-refractivity contribution in [2.45, 2.75) is 19.4 Å². The van der Waals surface area contributed by atoms with Crippen molar-refractivity contribution in [3.63, 3.8) is 0 Å². The minimum atomic E-state index is -3.66. The second kappa shape index (κ2) is 6.78. The maximum Gasteiger partial charge on any atom is 0.279 e. The van der Waals surface area contributed by atoms with Crippen molar-refractivity contribution in [3.8, 4) is 0 Å². The van der Waals surface area contributed by atoms with Crippen LogP contribution >= 0.6 is 0 Å². The second-order valence-corrected chi connectivity index (χ2v) is 6.90. The maximum absolute atomic E-state index is 13.5. The average Bonchev–Trinajstić information content (AvgIpc) is 2.46. The van der Waals surface area contributed by atoms with Gasteiger partial charge in [-0.2, -0.15) is 17.4 Å². The predicted octanol–water partition coefficient (Wildman–Crippen LogP) is 0.970. The highest BCUT2D eigenvalue weighted by molar-refractivity contribution is 7.87. The van der Waals surface area contributed by atoms with Gasteiger partial charge in [0.1, 0.15) is 11.6 Å². The van der Waals surface area contributed by atoms with E-state index in [0.717, 1.165) is 25.0 Å². The molecule has 0 saturated carbocycles. The molecule has 0 spiro atoms. The summed E-state index contributed by atoms with van der Waals surface area (Å²) in [6.07, 6.45) is 1.45. The summed E-state index contributed by atoms with van der Waals surface area (Å²) in [4.78, 5) is 0. The van der Waals surface area contributed by atoms with Crippen LogP contribution in [0.2, 0.25) is 0 Å². The Morgan fingerprint density at radius 3 is 2.52 bits per heavy atom. The van der Waals surface area contributed by atoms with Crippen molar-refractivity contribution in [1.82, 2.24) is 9.03 Å². The molecule has 1 aliphatic rings. The van der Waals surface area contributed by atoms with Crippen LogP contribution in [-0.4, -0.2) is 32.4 Å². The van der Waals surface area contributed by atoms with Gasteiger partial charge in [0.25, 0.3) is 10.2 Å². The molecule has 1 aromatic rings. The summed E-state index contributed by atoms with van der Waals surface area (Å²) < 4.78 is 54.2. The summed E-state index contributed by atoms with van der Waals surface area (Å²) in [6.45, 7) is 1.17. The van der Waals surface area contributed by atoms with E-state index in [1.165, 1.54) is 10.4 Å². The minimum Gasteiger partial charge on any atom is -0.330 e. The third-order valence-electron chi connectivity index (χ3n) is 3.71. The van der Waals surface area contributed by atoms with Crippen LogP contribution in [0.3, 0.4) is 0 Å². The molecule has 1 saturated heterocycles. The van der Waals surface area contributed by atoms with Crippen molar-refractivity contribution >= 4 is 10.2 Å². The van der Waals surface area contributed by atoms with Gasteiger partial charge in [-0.3, -0.25) is 0 Å². The first-order chi connectivity index (χ1) is 9.92. The van der Waals surface area contributed by atoms with Crippen LogP contribution < -0.4 is 10.5 Å². The molecule has 1 aliphatic heterocycles. The maximum atomic E-state index is 13.5. The zero-order valence-electron chi connectivity index (χ0n) is 11.6. The molecule has 5 nitrogen and oxygen atoms in total. The molecule has 1 heterocycles. The highest BCUT2D eigenvalue weighted by Crippen LogP contribution is 2.18. The van der Waals surface area contributed by atoms with E-state index in [-0.39, 0.29) is 12.1 Å². The lowest BCUT2D eigenvalue weighted by Gasteiger charge is -2.30. The summed E-state index contributed by atoms with van der Waals surface area (Å²) >= 11 is 0. The minimum absolute atomic E-state index is 0.108. The topological polar surface area (TPSA) is 75.4 Å². The number of nitrogens with two attached hydrogens (primary N) is 1. The third-order valence-corrected chi connectivity index (χ3v) is 5.26. The summed E-state index contributed by atoms with van der Waals surface area (Å²) in [6, 6.07) is 3.06. The van der Waals surface area contributed by atoms with Crippen LogP contribution in [0, 0.1) is 17.6 Å². The standard InChI is InChI=1S/C13H19F2N3O2S/c14-12-2-1-11(13(15)7-12)9-17-21(19,20)18-5-3-10(8-16)4-6-18/h1-2,7,10,17H,3-6,8-9,16H2. The summed E-state index contributed by atoms with van der Waals surface area (Å²) in [7, 11) is -3.66. The van der Waals surface area contributed by atoms with E-state index >= 15 is 0 Å². The van der Waals surface area contributed by atoms with Gasteiger partial charge in [0.15, 0.2) is 0 Å². The Labute approximate surface area is 123 Å². The molecule has 0 unspecified atom stereocenters. The van der Waals surface area contributed by atoms with Gasteiger partial charge in [-0.25, -0.2) is 8.78 Å². The molecule has 21 heavy (non-hydrogen) atoms. The fourth-order valence-electron chi connectivity index (χ4n) is 2.31. The van der Waals surface area contributed by atoms with Gasteiger partial charge in [0.2, 0.25) is 0 Å². The summed E-state index contributed by atoms with van der Waals surface area (Å²) in [5, 5.41) is 0. The normalized spacial score (nSPS) is 18.0. The van der Waals surface area contributed by atoms with Crippen LogP contribution in [-0.2, 0) is 16.8 Å². The van der Waals surface area contributed by atoms with E-state index in [4.69, 9.17) is 5.73 Å². The predicted molar refractivity (Wildman–Crippen MR) is 75.5 cm³/mol. The van der Waals surface area contributed by atoms with Crippen molar-refractivity contribution in [3.05, 3.63) is 35.4 Å². The molecule has 0 aromatic heterocycles. The van der Waals surface area contributed by atoms with Crippen molar-refractivity contribution in [1.29, 1.82) is 0 Å². The number of piperidine rings is 1. The quantitative estimate of drug-likeness (QED) is 0.849. The van der Waals surface area contributed by atoms with Gasteiger partial charge >= 0.3 is 0 Å². The number of nitrogens with zero attached hydrogens (tertiary/aromatic N) is 1. The Morgan fingerprint density at radius 2 is 1.95 bits per heavy atom. The number of hydrogen-bond donors (Lipinski definition) is 2. The first-order valence-electron chi connectivity index (χ1n) is 6.81. The van der Waals surface area contributed by atoms with Gasteiger partial charge in [-0.15, -0.1) is 0 Å². The van der Waals surface area contributed by atoms with Gasteiger partial charge in [0.05, 0.1) is 0 Å². The van der Waals surface area contributed by atoms with Crippen molar-refractivity contribution < 1.29 is 17.2 Å². The Hall–Kier alpha value is -1.09. The average molecular weight is 319 g/mol. The van der Waals surface area contributed by atoms with E-state index in [2.05, 4.69) is 4.72 Å². The summed E-state index contributed by atoms with van der Waals surface area (Å²) in [5.41, 5.74) is 5.67. The lowest BCUT2D eigenvalue weighted by molar-refractivity contribution is 0.275. The molecule has 1 aromatic carbocycles. The monoisotopic (exact) mass is 319 g/mol. The molecule has 0 aliphatic carbocycles. The van der Waals surface area contributed by atoms with Gasteiger partial charge < -0.3 is 5.73 Å². The van der Waals surface area contributed by atoms with Crippen molar-refractivity contribution in [2.24, 2.45) is 11.7 Å². The number of rotatable bonds is 5. The molecule has 8 heteroatoms. The fraction of sp³-hybridized carbons (Fsp3) is 0.538. The van der Waals surface area contributed by atoms with Gasteiger partial charge in [-0.05, 0) is 31.4 Å². The smallest absolute Gasteiger partial charge is 0.279 e. The number of nitrogens with one attached hydrogen (secondary N) is 1. The van der Waals surface area contributed by atoms with E-state index < -0.39 is 21.8 Å². The highest BCUT2D eigenvalue weighted by Gasteiger charge is 2.27. The Bertz CT molecular complexity index is 587. The number of halogens is 2. The van der Waals surface area contributed by atoms with Crippen LogP contribution in [0.1, 0.15) is 18.4 Å². The van der Waals surface area contributed by atoms with Crippen LogP contribution in [0.5, 0.6) is 0 Å². The largest absolute Gasteiger partial charge is 0.330 e. The SMILES string of the molecule is NCC1CCN(S(=O)(=O)NCc2ccc(F)cc2F)CC1. The van der Waals surface area contributed by atoms with E-state index in [9.17, 15) is 17.2 Å². The van der Waals surface area contributed by atoms with E-state index in [0.29, 0.717) is 25.6 Å². The lowest BCUT2D eigenvalue weighted by atomic mass is 9.99. The van der Waals surface area contributed by atoms with Gasteiger partial charge in [0, 0.05) is 31.3 Å². The Kier molecular flexibility index (Phi) is 5.26. The first-order valence-corrected chi connectivity index (χ1v) is 8.25. The van der Waals surface area contributed by atoms with Crippen LogP contribution in [0.25, 0.3) is 0 Å². The van der Waals surface area contributed by atoms with Crippen LogP contribution in [0.15, 0.2) is 18.2 Å². The van der Waals surface area contributed by atoms with Crippen LogP contribution in [0.4, 0.5) is 8.78 Å². The van der Waals surface area contributed by atoms with Gasteiger partial charge in [-0.1, -0.05) is 6.07 Å². The fourth-order valence-corrected chi connectivity index (χ4v) is 3.52. The Balaban J connectivity index is 1.95. The lowest BCUT2D eigenvalue weighted by Crippen LogP contribution is -2.45. The molecular formula is C13H19F2N3O2S. The molecule has 0 amide bonds. The number of benzene rings is 1. The van der Waals surface area contributed by atoms with E-state index in [1.807, 2.05) is 0 Å². The zero-order valence-corrected chi connectivity index (χ0v) is 12.4. The van der Waals surface area contributed by atoms with E-state index in [1.54, 1.807) is 0 Å². The molecular weight excluding hydrogens is 300 g/mol. The second-order valence-electron chi connectivity index (χ2n) is 5.14. The first kappa shape index (κ1) is 16.3. The molecule has 0 radical (unpaired) electrons. The number of hydrogen-bond acceptors (Lipinski definition) is 3. The molecule has 0 bridgehead atoms. The molecule has 3 N–H and O–H groups in total.